The van der Waals surface area contributed by atoms with Crippen LogP contribution in [0, 0.1) is 52.3 Å². The molecule has 4 bridgehead atoms. The van der Waals surface area contributed by atoms with Crippen LogP contribution in [0.5, 0.6) is 0 Å². The predicted octanol–water partition coefficient (Wildman–Crippen LogP) is 6.36. The van der Waals surface area contributed by atoms with E-state index < -0.39 is 10.1 Å². The van der Waals surface area contributed by atoms with Gasteiger partial charge in [-0.3, -0.25) is 4.18 Å². The van der Waals surface area contributed by atoms with E-state index >= 15 is 0 Å². The van der Waals surface area contributed by atoms with Gasteiger partial charge in [-0.05, 0) is 109 Å². The molecular weight excluding hydrogens is 404 g/mol. The molecular formula is C27H38O3S. The Kier molecular flexibility index (Phi) is 4.12. The lowest BCUT2D eigenvalue weighted by Crippen LogP contribution is -2.58. The lowest BCUT2D eigenvalue weighted by Gasteiger charge is -2.65. The molecule has 0 amide bonds. The van der Waals surface area contributed by atoms with Crippen LogP contribution in [0.3, 0.4) is 0 Å². The maximum atomic E-state index is 12.9. The molecule has 6 aliphatic carbocycles. The summed E-state index contributed by atoms with van der Waals surface area (Å²) in [5, 5.41) is 0. The molecule has 3 nitrogen and oxygen atoms in total. The Hall–Kier alpha value is -0.870. The molecule has 0 aliphatic heterocycles. The van der Waals surface area contributed by atoms with Crippen LogP contribution < -0.4 is 0 Å². The summed E-state index contributed by atoms with van der Waals surface area (Å²) in [5.41, 5.74) is 2.61. The third-order valence-electron chi connectivity index (χ3n) is 11.3. The second-order valence-electron chi connectivity index (χ2n) is 12.9. The quantitative estimate of drug-likeness (QED) is 0.510. The van der Waals surface area contributed by atoms with E-state index in [9.17, 15) is 8.42 Å². The van der Waals surface area contributed by atoms with Crippen LogP contribution in [0.2, 0.25) is 0 Å². The van der Waals surface area contributed by atoms with Crippen molar-refractivity contribution in [3.8, 4) is 0 Å². The number of hydrogen-bond donors (Lipinski definition) is 0. The Labute approximate surface area is 188 Å². The summed E-state index contributed by atoms with van der Waals surface area (Å²) >= 11 is 0. The fourth-order valence-corrected chi connectivity index (χ4v) is 10.9. The first-order chi connectivity index (χ1) is 14.5. The van der Waals surface area contributed by atoms with Gasteiger partial charge in [0.2, 0.25) is 0 Å². The summed E-state index contributed by atoms with van der Waals surface area (Å²) in [6.45, 7) is 9.76. The van der Waals surface area contributed by atoms with Gasteiger partial charge in [0.25, 0.3) is 10.1 Å². The average molecular weight is 443 g/mol. The number of benzene rings is 1. The minimum absolute atomic E-state index is 0.0557. The van der Waals surface area contributed by atoms with Gasteiger partial charge in [-0.1, -0.05) is 44.9 Å². The van der Waals surface area contributed by atoms with Crippen molar-refractivity contribution in [2.45, 2.75) is 84.0 Å². The van der Waals surface area contributed by atoms with Crippen LogP contribution in [0.15, 0.2) is 29.2 Å². The van der Waals surface area contributed by atoms with E-state index in [1.165, 1.54) is 44.9 Å². The molecule has 4 heteroatoms. The van der Waals surface area contributed by atoms with Crippen molar-refractivity contribution in [2.75, 3.05) is 6.61 Å². The molecule has 7 rings (SSSR count). The van der Waals surface area contributed by atoms with Crippen LogP contribution in [0.4, 0.5) is 0 Å². The van der Waals surface area contributed by atoms with Crippen LogP contribution in [0.1, 0.15) is 77.7 Å². The lowest BCUT2D eigenvalue weighted by molar-refractivity contribution is -0.170. The normalized spacial score (nSPS) is 49.9. The van der Waals surface area contributed by atoms with Crippen molar-refractivity contribution in [2.24, 2.45) is 45.3 Å². The Bertz CT molecular complexity index is 1020. The third-order valence-corrected chi connectivity index (χ3v) is 12.6. The molecule has 1 unspecified atom stereocenters. The predicted molar refractivity (Wildman–Crippen MR) is 122 cm³/mol. The molecule has 0 saturated heterocycles. The maximum Gasteiger partial charge on any atom is 0.296 e. The summed E-state index contributed by atoms with van der Waals surface area (Å²) in [5.74, 6) is 3.40. The first-order valence-corrected chi connectivity index (χ1v) is 13.9. The molecule has 6 aliphatic rings. The largest absolute Gasteiger partial charge is 0.296 e. The van der Waals surface area contributed by atoms with E-state index in [-0.39, 0.29) is 10.3 Å². The van der Waals surface area contributed by atoms with Gasteiger partial charge >= 0.3 is 0 Å². The zero-order valence-corrected chi connectivity index (χ0v) is 20.4. The first-order valence-electron chi connectivity index (χ1n) is 12.5. The monoisotopic (exact) mass is 442 g/mol. The van der Waals surface area contributed by atoms with E-state index in [0.29, 0.717) is 28.8 Å². The second-order valence-corrected chi connectivity index (χ2v) is 14.5. The number of fused-ring (bicyclic) bond motifs is 1. The molecule has 170 valence electrons. The smallest absolute Gasteiger partial charge is 0.266 e. The average Bonchev–Trinajstić information content (AvgIpc) is 3.17. The Morgan fingerprint density at radius 2 is 1.71 bits per heavy atom. The zero-order valence-electron chi connectivity index (χ0n) is 19.6. The van der Waals surface area contributed by atoms with Gasteiger partial charge in [-0.2, -0.15) is 8.42 Å². The lowest BCUT2D eigenvalue weighted by atomic mass is 9.39. The zero-order chi connectivity index (χ0) is 21.9. The van der Waals surface area contributed by atoms with Crippen molar-refractivity contribution in [3.05, 3.63) is 29.8 Å². The minimum atomic E-state index is -3.71. The first kappa shape index (κ1) is 20.7. The summed E-state index contributed by atoms with van der Waals surface area (Å²) < 4.78 is 31.6. The fraction of sp³-hybridized carbons (Fsp3) is 0.778. The highest BCUT2D eigenvalue weighted by Gasteiger charge is 2.78. The van der Waals surface area contributed by atoms with Gasteiger partial charge in [0.05, 0.1) is 11.5 Å². The van der Waals surface area contributed by atoms with Gasteiger partial charge in [0.1, 0.15) is 0 Å². The molecule has 31 heavy (non-hydrogen) atoms. The van der Waals surface area contributed by atoms with Gasteiger partial charge in [0.15, 0.2) is 0 Å². The van der Waals surface area contributed by atoms with Crippen LogP contribution >= 0.6 is 0 Å². The molecule has 0 heterocycles. The molecule has 1 spiro atoms. The highest BCUT2D eigenvalue weighted by Crippen LogP contribution is 2.85. The second kappa shape index (κ2) is 6.17. The Balaban J connectivity index is 1.25. The van der Waals surface area contributed by atoms with Gasteiger partial charge in [-0.25, -0.2) is 0 Å². The topological polar surface area (TPSA) is 43.4 Å². The van der Waals surface area contributed by atoms with E-state index in [1.54, 1.807) is 12.1 Å². The molecule has 8 atom stereocenters. The number of aryl methyl sites for hydroxylation is 1. The van der Waals surface area contributed by atoms with E-state index in [1.807, 2.05) is 19.1 Å². The van der Waals surface area contributed by atoms with Gasteiger partial charge in [0, 0.05) is 0 Å². The summed E-state index contributed by atoms with van der Waals surface area (Å²) in [4.78, 5) is 0.281. The molecule has 0 N–H and O–H groups in total. The number of rotatable bonds is 4. The van der Waals surface area contributed by atoms with Crippen molar-refractivity contribution in [3.63, 3.8) is 0 Å². The molecule has 1 aromatic rings. The van der Waals surface area contributed by atoms with Gasteiger partial charge < -0.3 is 0 Å². The highest BCUT2D eigenvalue weighted by molar-refractivity contribution is 7.86. The van der Waals surface area contributed by atoms with Crippen LogP contribution in [-0.4, -0.2) is 15.0 Å². The molecule has 6 fully saturated rings. The van der Waals surface area contributed by atoms with Crippen molar-refractivity contribution >= 4 is 10.1 Å². The van der Waals surface area contributed by atoms with Crippen molar-refractivity contribution in [1.82, 2.24) is 0 Å². The molecule has 1 aromatic carbocycles. The third kappa shape index (κ3) is 2.70. The molecule has 0 aromatic heterocycles. The molecule has 0 radical (unpaired) electrons. The van der Waals surface area contributed by atoms with Crippen molar-refractivity contribution < 1.29 is 12.6 Å². The molecule has 6 saturated carbocycles. The SMILES string of the molecule is Cc1ccc(S(=O)(=O)OC[C@]2(C)CCC[C@]3(C)[C@@H]2CC[C@@]24CC5[C@@H](C[C@H]23)[C@@]5(C)C4)cc1. The van der Waals surface area contributed by atoms with E-state index in [0.717, 1.165) is 29.7 Å². The fourth-order valence-electron chi connectivity index (χ4n) is 9.91. The van der Waals surface area contributed by atoms with E-state index in [2.05, 4.69) is 20.8 Å². The van der Waals surface area contributed by atoms with Crippen LogP contribution in [0.25, 0.3) is 0 Å². The van der Waals surface area contributed by atoms with Crippen LogP contribution in [-0.2, 0) is 14.3 Å². The van der Waals surface area contributed by atoms with E-state index in [4.69, 9.17) is 4.18 Å². The Morgan fingerprint density at radius 3 is 2.39 bits per heavy atom. The maximum absolute atomic E-state index is 12.9. The van der Waals surface area contributed by atoms with Gasteiger partial charge in [-0.15, -0.1) is 0 Å². The summed E-state index contributed by atoms with van der Waals surface area (Å²) in [7, 11) is -3.71. The Morgan fingerprint density at radius 1 is 0.968 bits per heavy atom. The standard InChI is InChI=1S/C27H38O3S/c1-18-6-8-19(9-7-18)31(28,29)30-17-24(2)11-5-12-25(3)22(24)10-13-27-15-21-20(14-23(25)27)26(21,4)16-27/h6-9,20-23H,5,10-17H2,1-4H3/t20-,21?,22-,23+,24+,25-,26-,27+/m1/s1. The number of hydrogen-bond acceptors (Lipinski definition) is 3. The summed E-state index contributed by atoms with van der Waals surface area (Å²) in [6, 6.07) is 7.03. The highest BCUT2D eigenvalue weighted by atomic mass is 32.2. The van der Waals surface area contributed by atoms with Crippen molar-refractivity contribution in [1.29, 1.82) is 0 Å². The minimum Gasteiger partial charge on any atom is -0.266 e. The summed E-state index contributed by atoms with van der Waals surface area (Å²) in [6.07, 6.45) is 10.6.